The van der Waals surface area contributed by atoms with Gasteiger partial charge in [-0.3, -0.25) is 14.6 Å². The van der Waals surface area contributed by atoms with E-state index in [1.165, 1.54) is 4.21 Å². The molecular formula is C19H20N4O2S2. The molecule has 8 heteroatoms. The van der Waals surface area contributed by atoms with Gasteiger partial charge in [0.15, 0.2) is 0 Å². The SMILES string of the molecule is CN(C)CCSc1ccc(C=c2[nH]c(=O)c(=Cc3cccnc3)[nH]c2=O)s1. The van der Waals surface area contributed by atoms with Crippen LogP contribution in [0.4, 0.5) is 0 Å². The molecule has 6 nitrogen and oxygen atoms in total. The highest BCUT2D eigenvalue weighted by atomic mass is 32.2. The van der Waals surface area contributed by atoms with Crippen molar-refractivity contribution in [1.82, 2.24) is 19.9 Å². The first kappa shape index (κ1) is 19.3. The lowest BCUT2D eigenvalue weighted by atomic mass is 10.2. The Labute approximate surface area is 164 Å². The van der Waals surface area contributed by atoms with E-state index in [2.05, 4.69) is 19.9 Å². The average Bonchev–Trinajstić information content (AvgIpc) is 3.07. The van der Waals surface area contributed by atoms with Gasteiger partial charge in [-0.15, -0.1) is 23.1 Å². The van der Waals surface area contributed by atoms with Gasteiger partial charge in [0.2, 0.25) is 0 Å². The molecule has 27 heavy (non-hydrogen) atoms. The Morgan fingerprint density at radius 1 is 1.11 bits per heavy atom. The first-order valence-corrected chi connectivity index (χ1v) is 10.1. The van der Waals surface area contributed by atoms with Crippen molar-refractivity contribution in [3.8, 4) is 0 Å². The highest BCUT2D eigenvalue weighted by Crippen LogP contribution is 2.27. The zero-order valence-corrected chi connectivity index (χ0v) is 16.7. The fraction of sp³-hybridized carbons (Fsp3) is 0.211. The van der Waals surface area contributed by atoms with Crippen molar-refractivity contribution in [2.75, 3.05) is 26.4 Å². The van der Waals surface area contributed by atoms with Gasteiger partial charge in [-0.2, -0.15) is 0 Å². The van der Waals surface area contributed by atoms with Gasteiger partial charge in [0, 0.05) is 29.6 Å². The zero-order valence-electron chi connectivity index (χ0n) is 15.1. The van der Waals surface area contributed by atoms with E-state index in [1.807, 2.05) is 32.3 Å². The van der Waals surface area contributed by atoms with Gasteiger partial charge >= 0.3 is 0 Å². The van der Waals surface area contributed by atoms with Crippen molar-refractivity contribution in [3.05, 3.63) is 78.5 Å². The second-order valence-electron chi connectivity index (χ2n) is 6.12. The second-order valence-corrected chi connectivity index (χ2v) is 8.63. The minimum atomic E-state index is -0.346. The standard InChI is InChI=1S/C19H20N4O2S2/c1-23(2)8-9-26-17-6-5-14(27-17)11-16-19(25)21-15(18(24)22-16)10-13-4-3-7-20-12-13/h3-7,10-12H,8-9H2,1-2H3,(H,21,25)(H,22,24). The third kappa shape index (κ3) is 5.53. The van der Waals surface area contributed by atoms with Gasteiger partial charge in [0.05, 0.1) is 4.21 Å². The molecule has 2 N–H and O–H groups in total. The van der Waals surface area contributed by atoms with Crippen LogP contribution in [0.5, 0.6) is 0 Å². The summed E-state index contributed by atoms with van der Waals surface area (Å²) in [7, 11) is 4.10. The summed E-state index contributed by atoms with van der Waals surface area (Å²) in [5.41, 5.74) is 0.0646. The van der Waals surface area contributed by atoms with E-state index in [-0.39, 0.29) is 21.8 Å². The summed E-state index contributed by atoms with van der Waals surface area (Å²) in [5.74, 6) is 1.00. The Morgan fingerprint density at radius 2 is 1.85 bits per heavy atom. The normalized spacial score (nSPS) is 12.9. The van der Waals surface area contributed by atoms with Gasteiger partial charge in [-0.05, 0) is 50.0 Å². The van der Waals surface area contributed by atoms with Crippen LogP contribution in [0.25, 0.3) is 12.2 Å². The maximum absolute atomic E-state index is 12.3. The van der Waals surface area contributed by atoms with Crippen molar-refractivity contribution in [2.24, 2.45) is 0 Å². The van der Waals surface area contributed by atoms with Crippen LogP contribution in [-0.2, 0) is 0 Å². The highest BCUT2D eigenvalue weighted by Gasteiger charge is 2.01. The maximum atomic E-state index is 12.3. The van der Waals surface area contributed by atoms with Gasteiger partial charge in [0.1, 0.15) is 10.7 Å². The van der Waals surface area contributed by atoms with Crippen LogP contribution < -0.4 is 21.8 Å². The van der Waals surface area contributed by atoms with Crippen LogP contribution >= 0.6 is 23.1 Å². The van der Waals surface area contributed by atoms with E-state index in [0.29, 0.717) is 0 Å². The largest absolute Gasteiger partial charge is 0.316 e. The summed E-state index contributed by atoms with van der Waals surface area (Å²) in [6.07, 6.45) is 6.58. The molecule has 0 aliphatic rings. The highest BCUT2D eigenvalue weighted by molar-refractivity contribution is 8.01. The molecule has 3 rings (SSSR count). The van der Waals surface area contributed by atoms with Crippen LogP contribution in [0.15, 0.2) is 50.5 Å². The molecule has 0 aromatic carbocycles. The molecule has 0 amide bonds. The molecular weight excluding hydrogens is 380 g/mol. The lowest BCUT2D eigenvalue weighted by Gasteiger charge is -2.07. The fourth-order valence-electron chi connectivity index (χ4n) is 2.28. The Bertz CT molecular complexity index is 1130. The van der Waals surface area contributed by atoms with Gasteiger partial charge in [-0.1, -0.05) is 6.07 Å². The number of pyridine rings is 1. The van der Waals surface area contributed by atoms with Crippen molar-refractivity contribution in [1.29, 1.82) is 0 Å². The van der Waals surface area contributed by atoms with Crippen molar-refractivity contribution < 1.29 is 0 Å². The molecule has 0 fully saturated rings. The van der Waals surface area contributed by atoms with Crippen LogP contribution in [0.2, 0.25) is 0 Å². The summed E-state index contributed by atoms with van der Waals surface area (Å²) in [4.78, 5) is 37.0. The first-order chi connectivity index (χ1) is 13.0. The summed E-state index contributed by atoms with van der Waals surface area (Å²) < 4.78 is 1.18. The smallest absolute Gasteiger partial charge is 0.272 e. The number of hydrogen-bond acceptors (Lipinski definition) is 6. The van der Waals surface area contributed by atoms with E-state index in [1.54, 1.807) is 53.7 Å². The minimum absolute atomic E-state index is 0.205. The number of rotatable bonds is 6. The van der Waals surface area contributed by atoms with Crippen molar-refractivity contribution in [2.45, 2.75) is 4.21 Å². The van der Waals surface area contributed by atoms with E-state index >= 15 is 0 Å². The van der Waals surface area contributed by atoms with Gasteiger partial charge < -0.3 is 14.9 Å². The molecule has 0 unspecified atom stereocenters. The molecule has 0 atom stereocenters. The molecule has 3 aromatic rings. The van der Waals surface area contributed by atoms with E-state index in [9.17, 15) is 9.59 Å². The zero-order chi connectivity index (χ0) is 19.2. The number of hydrogen-bond donors (Lipinski definition) is 2. The van der Waals surface area contributed by atoms with Crippen LogP contribution in [-0.4, -0.2) is 46.2 Å². The quantitative estimate of drug-likeness (QED) is 0.599. The lowest BCUT2D eigenvalue weighted by Crippen LogP contribution is -2.46. The van der Waals surface area contributed by atoms with E-state index in [4.69, 9.17) is 0 Å². The second kappa shape index (κ2) is 8.98. The lowest BCUT2D eigenvalue weighted by molar-refractivity contribution is 0.437. The molecule has 0 aliphatic carbocycles. The number of aromatic nitrogens is 3. The minimum Gasteiger partial charge on any atom is -0.316 e. The monoisotopic (exact) mass is 400 g/mol. The molecule has 140 valence electrons. The molecule has 3 heterocycles. The first-order valence-electron chi connectivity index (χ1n) is 8.35. The number of aromatic amines is 2. The number of nitrogens with zero attached hydrogens (tertiary/aromatic N) is 2. The number of H-pyrrole nitrogens is 2. The molecule has 0 spiro atoms. The molecule has 0 aliphatic heterocycles. The molecule has 0 bridgehead atoms. The van der Waals surface area contributed by atoms with Gasteiger partial charge in [0.25, 0.3) is 11.1 Å². The third-order valence-electron chi connectivity index (χ3n) is 3.65. The van der Waals surface area contributed by atoms with Crippen molar-refractivity contribution in [3.63, 3.8) is 0 Å². The molecule has 0 radical (unpaired) electrons. The maximum Gasteiger partial charge on any atom is 0.272 e. The summed E-state index contributed by atoms with van der Waals surface area (Å²) >= 11 is 3.38. The number of thioether (sulfide) groups is 1. The predicted octanol–water partition coefficient (Wildman–Crippen LogP) is 0.831. The number of thiophene rings is 1. The molecule has 3 aromatic heterocycles. The number of nitrogens with one attached hydrogen (secondary N) is 2. The summed E-state index contributed by atoms with van der Waals surface area (Å²) in [6, 6.07) is 7.57. The molecule has 0 saturated carbocycles. The Balaban J connectivity index is 1.87. The summed E-state index contributed by atoms with van der Waals surface area (Å²) in [6.45, 7) is 1.00. The topological polar surface area (TPSA) is 81.8 Å². The average molecular weight is 401 g/mol. The van der Waals surface area contributed by atoms with Crippen LogP contribution in [0.3, 0.4) is 0 Å². The van der Waals surface area contributed by atoms with Crippen LogP contribution in [0.1, 0.15) is 10.4 Å². The fourth-order valence-corrected chi connectivity index (χ4v) is 4.56. The van der Waals surface area contributed by atoms with Gasteiger partial charge in [-0.25, -0.2) is 0 Å². The Morgan fingerprint density at radius 3 is 2.52 bits per heavy atom. The van der Waals surface area contributed by atoms with Crippen molar-refractivity contribution >= 4 is 35.3 Å². The summed E-state index contributed by atoms with van der Waals surface area (Å²) in [5, 5.41) is 0.450. The Hall–Kier alpha value is -2.42. The Kier molecular flexibility index (Phi) is 6.44. The van der Waals surface area contributed by atoms with Crippen LogP contribution in [0, 0.1) is 0 Å². The van der Waals surface area contributed by atoms with E-state index in [0.717, 1.165) is 22.7 Å². The van der Waals surface area contributed by atoms with E-state index < -0.39 is 0 Å². The molecule has 0 saturated heterocycles. The third-order valence-corrected chi connectivity index (χ3v) is 5.89. The predicted molar refractivity (Wildman–Crippen MR) is 112 cm³/mol.